The average molecular weight is 330 g/mol. The Balaban J connectivity index is 1.61. The van der Waals surface area contributed by atoms with Gasteiger partial charge in [-0.2, -0.15) is 0 Å². The van der Waals surface area contributed by atoms with Gasteiger partial charge < -0.3 is 19.5 Å². The number of nitrogens with zero attached hydrogens (tertiary/aromatic N) is 2. The predicted octanol–water partition coefficient (Wildman–Crippen LogP) is 3.25. The summed E-state index contributed by atoms with van der Waals surface area (Å²) in [5, 5.41) is 8.41. The Bertz CT molecular complexity index is 732. The third kappa shape index (κ3) is 4.23. The SMILES string of the molecule is CCNC(=NCc1coc(-c2cccs2)n1)NCc1ccco1. The highest BCUT2D eigenvalue weighted by atomic mass is 32.1. The second kappa shape index (κ2) is 7.64. The largest absolute Gasteiger partial charge is 0.467 e. The molecule has 0 atom stereocenters. The molecule has 0 amide bonds. The van der Waals surface area contributed by atoms with E-state index in [4.69, 9.17) is 8.83 Å². The van der Waals surface area contributed by atoms with E-state index in [1.54, 1.807) is 23.9 Å². The first-order chi connectivity index (χ1) is 11.3. The predicted molar refractivity (Wildman–Crippen MR) is 90.2 cm³/mol. The quantitative estimate of drug-likeness (QED) is 0.536. The fourth-order valence-corrected chi connectivity index (χ4v) is 2.63. The van der Waals surface area contributed by atoms with Crippen LogP contribution >= 0.6 is 11.3 Å². The molecule has 0 aliphatic rings. The van der Waals surface area contributed by atoms with E-state index in [9.17, 15) is 0 Å². The van der Waals surface area contributed by atoms with Gasteiger partial charge in [0, 0.05) is 6.54 Å². The Morgan fingerprint density at radius 3 is 2.96 bits per heavy atom. The van der Waals surface area contributed by atoms with Crippen LogP contribution in [0.5, 0.6) is 0 Å². The average Bonchev–Trinajstić information content (AvgIpc) is 3.32. The molecule has 0 saturated heterocycles. The Morgan fingerprint density at radius 2 is 2.22 bits per heavy atom. The van der Waals surface area contributed by atoms with E-state index >= 15 is 0 Å². The number of furan rings is 1. The van der Waals surface area contributed by atoms with Crippen LogP contribution in [-0.2, 0) is 13.1 Å². The third-order valence-electron chi connectivity index (χ3n) is 3.04. The molecule has 3 heterocycles. The van der Waals surface area contributed by atoms with Crippen molar-refractivity contribution in [2.75, 3.05) is 6.54 Å². The Hall–Kier alpha value is -2.54. The monoisotopic (exact) mass is 330 g/mol. The smallest absolute Gasteiger partial charge is 0.236 e. The summed E-state index contributed by atoms with van der Waals surface area (Å²) < 4.78 is 10.8. The number of hydrogen-bond acceptors (Lipinski definition) is 5. The minimum atomic E-state index is 0.447. The zero-order chi connectivity index (χ0) is 15.9. The Morgan fingerprint density at radius 1 is 1.26 bits per heavy atom. The molecule has 6 nitrogen and oxygen atoms in total. The van der Waals surface area contributed by atoms with Crippen LogP contribution in [0.1, 0.15) is 18.4 Å². The first-order valence-corrected chi connectivity index (χ1v) is 8.26. The minimum Gasteiger partial charge on any atom is -0.467 e. The molecule has 2 N–H and O–H groups in total. The summed E-state index contributed by atoms with van der Waals surface area (Å²) in [7, 11) is 0. The van der Waals surface area contributed by atoms with Gasteiger partial charge in [0.05, 0.1) is 24.2 Å². The van der Waals surface area contributed by atoms with Crippen molar-refractivity contribution < 1.29 is 8.83 Å². The van der Waals surface area contributed by atoms with E-state index in [2.05, 4.69) is 20.6 Å². The molecular formula is C16H18N4O2S. The summed E-state index contributed by atoms with van der Waals surface area (Å²) >= 11 is 1.60. The van der Waals surface area contributed by atoms with Crippen LogP contribution in [0.25, 0.3) is 10.8 Å². The number of rotatable bonds is 6. The molecule has 0 saturated carbocycles. The van der Waals surface area contributed by atoms with E-state index in [0.717, 1.165) is 22.9 Å². The topological polar surface area (TPSA) is 75.6 Å². The molecule has 0 fully saturated rings. The van der Waals surface area contributed by atoms with E-state index in [0.29, 0.717) is 24.9 Å². The second-order valence-electron chi connectivity index (χ2n) is 4.75. The molecule has 3 aromatic heterocycles. The number of nitrogens with one attached hydrogen (secondary N) is 2. The second-order valence-corrected chi connectivity index (χ2v) is 5.70. The van der Waals surface area contributed by atoms with Crippen molar-refractivity contribution in [3.63, 3.8) is 0 Å². The first-order valence-electron chi connectivity index (χ1n) is 7.38. The Labute approximate surface area is 138 Å². The fraction of sp³-hybridized carbons (Fsp3) is 0.250. The van der Waals surface area contributed by atoms with E-state index in [1.807, 2.05) is 36.6 Å². The lowest BCUT2D eigenvalue weighted by Gasteiger charge is -2.09. The van der Waals surface area contributed by atoms with Gasteiger partial charge in [0.15, 0.2) is 5.96 Å². The van der Waals surface area contributed by atoms with Crippen LogP contribution in [0.3, 0.4) is 0 Å². The van der Waals surface area contributed by atoms with Gasteiger partial charge in [-0.1, -0.05) is 6.07 Å². The lowest BCUT2D eigenvalue weighted by atomic mass is 10.4. The Kier molecular flexibility index (Phi) is 5.10. The summed E-state index contributed by atoms with van der Waals surface area (Å²) in [5.41, 5.74) is 0.795. The third-order valence-corrected chi connectivity index (χ3v) is 3.90. The summed E-state index contributed by atoms with van der Waals surface area (Å²) in [4.78, 5) is 9.99. The van der Waals surface area contributed by atoms with E-state index in [-0.39, 0.29) is 0 Å². The molecule has 0 aromatic carbocycles. The van der Waals surface area contributed by atoms with Gasteiger partial charge >= 0.3 is 0 Å². The van der Waals surface area contributed by atoms with Crippen molar-refractivity contribution in [3.05, 3.63) is 53.6 Å². The van der Waals surface area contributed by atoms with Crippen molar-refractivity contribution in [1.82, 2.24) is 15.6 Å². The van der Waals surface area contributed by atoms with Crippen LogP contribution in [0.4, 0.5) is 0 Å². The zero-order valence-electron chi connectivity index (χ0n) is 12.8. The van der Waals surface area contributed by atoms with Crippen molar-refractivity contribution in [3.8, 4) is 10.8 Å². The molecule has 0 radical (unpaired) electrons. The minimum absolute atomic E-state index is 0.447. The lowest BCUT2D eigenvalue weighted by Crippen LogP contribution is -2.36. The number of aliphatic imine (C=N–C) groups is 1. The van der Waals surface area contributed by atoms with Gasteiger partial charge in [0.1, 0.15) is 17.7 Å². The maximum Gasteiger partial charge on any atom is 0.236 e. The van der Waals surface area contributed by atoms with Gasteiger partial charge in [0.2, 0.25) is 5.89 Å². The highest BCUT2D eigenvalue weighted by Gasteiger charge is 2.07. The van der Waals surface area contributed by atoms with Crippen molar-refractivity contribution in [2.45, 2.75) is 20.0 Å². The molecule has 120 valence electrons. The van der Waals surface area contributed by atoms with Crippen LogP contribution < -0.4 is 10.6 Å². The molecule has 23 heavy (non-hydrogen) atoms. The number of aromatic nitrogens is 1. The molecule has 0 aliphatic heterocycles. The normalized spacial score (nSPS) is 11.6. The number of thiophene rings is 1. The highest BCUT2D eigenvalue weighted by Crippen LogP contribution is 2.23. The van der Waals surface area contributed by atoms with E-state index < -0.39 is 0 Å². The van der Waals surface area contributed by atoms with Gasteiger partial charge in [-0.05, 0) is 30.5 Å². The molecule has 3 aromatic rings. The van der Waals surface area contributed by atoms with Gasteiger partial charge in [-0.15, -0.1) is 11.3 Å². The van der Waals surface area contributed by atoms with Crippen LogP contribution in [0, 0.1) is 0 Å². The standard InChI is InChI=1S/C16H18N4O2S/c1-2-17-16(19-10-13-5-3-7-21-13)18-9-12-11-22-15(20-12)14-6-4-8-23-14/h3-8,11H,2,9-10H2,1H3,(H2,17,18,19). The van der Waals surface area contributed by atoms with Crippen molar-refractivity contribution >= 4 is 17.3 Å². The van der Waals surface area contributed by atoms with Crippen molar-refractivity contribution in [2.24, 2.45) is 4.99 Å². The maximum atomic E-state index is 5.49. The molecule has 0 spiro atoms. The maximum absolute atomic E-state index is 5.49. The number of oxazole rings is 1. The zero-order valence-corrected chi connectivity index (χ0v) is 13.6. The molecule has 7 heteroatoms. The summed E-state index contributed by atoms with van der Waals surface area (Å²) in [6, 6.07) is 7.74. The summed E-state index contributed by atoms with van der Waals surface area (Å²) in [5.74, 6) is 2.21. The highest BCUT2D eigenvalue weighted by molar-refractivity contribution is 7.13. The first kappa shape index (κ1) is 15.4. The van der Waals surface area contributed by atoms with Gasteiger partial charge in [-0.25, -0.2) is 9.98 Å². The van der Waals surface area contributed by atoms with Gasteiger partial charge in [0.25, 0.3) is 0 Å². The van der Waals surface area contributed by atoms with E-state index in [1.165, 1.54) is 0 Å². The summed E-state index contributed by atoms with van der Waals surface area (Å²) in [6.07, 6.45) is 3.30. The molecule has 0 bridgehead atoms. The van der Waals surface area contributed by atoms with Crippen molar-refractivity contribution in [1.29, 1.82) is 0 Å². The number of guanidine groups is 1. The van der Waals surface area contributed by atoms with Gasteiger partial charge in [-0.3, -0.25) is 0 Å². The van der Waals surface area contributed by atoms with Crippen LogP contribution in [-0.4, -0.2) is 17.5 Å². The molecular weight excluding hydrogens is 312 g/mol. The van der Waals surface area contributed by atoms with Crippen LogP contribution in [0.2, 0.25) is 0 Å². The number of hydrogen-bond donors (Lipinski definition) is 2. The lowest BCUT2D eigenvalue weighted by molar-refractivity contribution is 0.501. The molecule has 3 rings (SSSR count). The molecule has 0 aliphatic carbocycles. The van der Waals surface area contributed by atoms with Crippen LogP contribution in [0.15, 0.2) is 56.0 Å². The molecule has 0 unspecified atom stereocenters. The fourth-order valence-electron chi connectivity index (χ4n) is 1.98. The summed E-state index contributed by atoms with van der Waals surface area (Å²) in [6.45, 7) is 3.83.